The lowest BCUT2D eigenvalue weighted by atomic mass is 9.85. The Hall–Kier alpha value is -2.57. The minimum Gasteiger partial charge on any atom is -0.481 e. The molecule has 0 bridgehead atoms. The molecule has 206 valence electrons. The summed E-state index contributed by atoms with van der Waals surface area (Å²) in [6.45, 7) is 3.08. The average molecular weight is 547 g/mol. The molecule has 4 nitrogen and oxygen atoms in total. The van der Waals surface area contributed by atoms with E-state index >= 15 is 0 Å². The van der Waals surface area contributed by atoms with Crippen LogP contribution in [0.15, 0.2) is 60.8 Å². The number of carbonyl (C=O) groups is 1. The lowest BCUT2D eigenvalue weighted by Gasteiger charge is -2.34. The standard InChI is InChI=1S/C33H39FN2O2S/c34-28-8-4-7-25(18-28)29-19-26(30(33(37)38)15-23-9-10-23)17-27(29)21-36-13-11-24(12-14-36)31-20-35-32(39-31)16-22-5-2-1-3-6-22/h1-8,18,20,23-24,26-27,29-30H,9-17,19,21H2,(H,37,38)/t26?,27?,29?,30-/m0/s1. The number of thiazole rings is 1. The van der Waals surface area contributed by atoms with Crippen molar-refractivity contribution in [3.8, 4) is 0 Å². The van der Waals surface area contributed by atoms with Gasteiger partial charge in [0.05, 0.1) is 10.9 Å². The minimum absolute atomic E-state index is 0.180. The highest BCUT2D eigenvalue weighted by molar-refractivity contribution is 7.11. The van der Waals surface area contributed by atoms with E-state index in [-0.39, 0.29) is 23.6 Å². The summed E-state index contributed by atoms with van der Waals surface area (Å²) in [5.41, 5.74) is 2.35. The molecule has 1 saturated heterocycles. The highest BCUT2D eigenvalue weighted by Gasteiger charge is 2.43. The fraction of sp³-hybridized carbons (Fsp3) is 0.515. The van der Waals surface area contributed by atoms with Crippen LogP contribution in [0.25, 0.3) is 0 Å². The second kappa shape index (κ2) is 11.9. The van der Waals surface area contributed by atoms with Gasteiger partial charge in [0.15, 0.2) is 0 Å². The van der Waals surface area contributed by atoms with E-state index in [2.05, 4.69) is 41.4 Å². The van der Waals surface area contributed by atoms with Gasteiger partial charge in [0.1, 0.15) is 5.82 Å². The summed E-state index contributed by atoms with van der Waals surface area (Å²) in [5, 5.41) is 11.3. The number of rotatable bonds is 10. The van der Waals surface area contributed by atoms with Gasteiger partial charge in [0.2, 0.25) is 0 Å². The minimum atomic E-state index is -0.637. The van der Waals surface area contributed by atoms with E-state index in [0.717, 1.165) is 63.7 Å². The van der Waals surface area contributed by atoms with Gasteiger partial charge in [-0.25, -0.2) is 9.37 Å². The Morgan fingerprint density at radius 3 is 2.56 bits per heavy atom. The fourth-order valence-corrected chi connectivity index (χ4v) is 8.27. The Balaban J connectivity index is 1.09. The Kier molecular flexibility index (Phi) is 8.12. The molecule has 6 heteroatoms. The van der Waals surface area contributed by atoms with Crippen molar-refractivity contribution in [1.29, 1.82) is 0 Å². The Labute approximate surface area is 235 Å². The molecule has 1 aliphatic heterocycles. The molecule has 1 aromatic heterocycles. The Morgan fingerprint density at radius 1 is 1.05 bits per heavy atom. The lowest BCUT2D eigenvalue weighted by Crippen LogP contribution is -2.37. The number of benzene rings is 2. The molecule has 3 aromatic rings. The molecule has 2 aromatic carbocycles. The van der Waals surface area contributed by atoms with Crippen molar-refractivity contribution in [1.82, 2.24) is 9.88 Å². The molecule has 0 spiro atoms. The summed E-state index contributed by atoms with van der Waals surface area (Å²) < 4.78 is 14.2. The van der Waals surface area contributed by atoms with E-state index < -0.39 is 5.97 Å². The van der Waals surface area contributed by atoms with Crippen molar-refractivity contribution in [3.05, 3.63) is 87.6 Å². The molecule has 3 unspecified atom stereocenters. The van der Waals surface area contributed by atoms with Crippen molar-refractivity contribution in [2.45, 2.75) is 63.2 Å². The number of hydrogen-bond donors (Lipinski definition) is 1. The first-order valence-electron chi connectivity index (χ1n) is 14.7. The summed E-state index contributed by atoms with van der Waals surface area (Å²) in [4.78, 5) is 21.0. The summed E-state index contributed by atoms with van der Waals surface area (Å²) in [7, 11) is 0. The van der Waals surface area contributed by atoms with Crippen LogP contribution in [-0.2, 0) is 11.2 Å². The molecule has 2 saturated carbocycles. The third-order valence-electron chi connectivity index (χ3n) is 9.43. The smallest absolute Gasteiger partial charge is 0.306 e. The molecule has 6 rings (SSSR count). The number of carboxylic acid groups (broad SMARTS) is 1. The zero-order chi connectivity index (χ0) is 26.8. The molecule has 3 aliphatic rings. The largest absolute Gasteiger partial charge is 0.481 e. The van der Waals surface area contributed by atoms with Gasteiger partial charge < -0.3 is 10.0 Å². The predicted molar refractivity (Wildman–Crippen MR) is 154 cm³/mol. The van der Waals surface area contributed by atoms with E-state index in [1.165, 1.54) is 34.4 Å². The first kappa shape index (κ1) is 26.6. The Bertz CT molecular complexity index is 1250. The van der Waals surface area contributed by atoms with E-state index in [0.29, 0.717) is 17.8 Å². The summed E-state index contributed by atoms with van der Waals surface area (Å²) in [6.07, 6.45) is 10.2. The van der Waals surface area contributed by atoms with E-state index in [1.807, 2.05) is 17.4 Å². The molecule has 4 atom stereocenters. The monoisotopic (exact) mass is 546 g/mol. The van der Waals surface area contributed by atoms with Crippen LogP contribution in [0, 0.1) is 29.5 Å². The maximum atomic E-state index is 14.2. The number of nitrogens with zero attached hydrogens (tertiary/aromatic N) is 2. The van der Waals surface area contributed by atoms with Gasteiger partial charge >= 0.3 is 5.97 Å². The van der Waals surface area contributed by atoms with Gasteiger partial charge in [-0.3, -0.25) is 4.79 Å². The van der Waals surface area contributed by atoms with Crippen molar-refractivity contribution < 1.29 is 14.3 Å². The SMILES string of the molecule is O=C(O)[C@@H](CC1CC1)C1CC(CN2CCC(c3cnc(Cc4ccccc4)s3)CC2)C(c2cccc(F)c2)C1. The number of piperidine rings is 1. The normalized spacial score (nSPS) is 25.1. The van der Waals surface area contributed by atoms with E-state index in [4.69, 9.17) is 4.98 Å². The number of likely N-dealkylation sites (tertiary alicyclic amines) is 1. The molecule has 2 heterocycles. The summed E-state index contributed by atoms with van der Waals surface area (Å²) >= 11 is 1.86. The average Bonchev–Trinajstić information content (AvgIpc) is 3.49. The van der Waals surface area contributed by atoms with Gasteiger partial charge in [-0.05, 0) is 98.0 Å². The number of aromatic nitrogens is 1. The van der Waals surface area contributed by atoms with Gasteiger partial charge in [0, 0.05) is 24.0 Å². The molecule has 3 fully saturated rings. The zero-order valence-corrected chi connectivity index (χ0v) is 23.4. The molecular weight excluding hydrogens is 507 g/mol. The third kappa shape index (κ3) is 6.60. The number of hydrogen-bond acceptors (Lipinski definition) is 4. The van der Waals surface area contributed by atoms with Crippen LogP contribution in [0.1, 0.15) is 77.8 Å². The van der Waals surface area contributed by atoms with Crippen LogP contribution in [0.4, 0.5) is 4.39 Å². The second-order valence-corrected chi connectivity index (χ2v) is 13.3. The second-order valence-electron chi connectivity index (χ2n) is 12.2. The number of carboxylic acids is 1. The van der Waals surface area contributed by atoms with Gasteiger partial charge in [0.25, 0.3) is 0 Å². The van der Waals surface area contributed by atoms with E-state index in [9.17, 15) is 14.3 Å². The molecular formula is C33H39FN2O2S. The summed E-state index contributed by atoms with van der Waals surface area (Å²) in [6, 6.07) is 17.6. The Morgan fingerprint density at radius 2 is 1.85 bits per heavy atom. The highest BCUT2D eigenvalue weighted by atomic mass is 32.1. The van der Waals surface area contributed by atoms with Gasteiger partial charge in [-0.1, -0.05) is 55.3 Å². The van der Waals surface area contributed by atoms with Crippen LogP contribution in [0.5, 0.6) is 0 Å². The first-order valence-corrected chi connectivity index (χ1v) is 15.5. The van der Waals surface area contributed by atoms with Gasteiger partial charge in [-0.15, -0.1) is 11.3 Å². The van der Waals surface area contributed by atoms with Crippen LogP contribution >= 0.6 is 11.3 Å². The molecule has 39 heavy (non-hydrogen) atoms. The predicted octanol–water partition coefficient (Wildman–Crippen LogP) is 7.36. The topological polar surface area (TPSA) is 53.4 Å². The highest BCUT2D eigenvalue weighted by Crippen LogP contribution is 2.49. The van der Waals surface area contributed by atoms with Crippen LogP contribution in [0.3, 0.4) is 0 Å². The first-order chi connectivity index (χ1) is 19.0. The van der Waals surface area contributed by atoms with Crippen molar-refractivity contribution >= 4 is 17.3 Å². The van der Waals surface area contributed by atoms with Crippen molar-refractivity contribution in [2.75, 3.05) is 19.6 Å². The lowest BCUT2D eigenvalue weighted by molar-refractivity contribution is -0.144. The fourth-order valence-electron chi connectivity index (χ4n) is 7.15. The van der Waals surface area contributed by atoms with Crippen LogP contribution in [0.2, 0.25) is 0 Å². The molecule has 1 N–H and O–H groups in total. The molecule has 0 amide bonds. The van der Waals surface area contributed by atoms with Crippen LogP contribution in [-0.4, -0.2) is 40.6 Å². The van der Waals surface area contributed by atoms with Gasteiger partial charge in [-0.2, -0.15) is 0 Å². The molecule has 0 radical (unpaired) electrons. The van der Waals surface area contributed by atoms with Crippen molar-refractivity contribution in [3.63, 3.8) is 0 Å². The molecule has 2 aliphatic carbocycles. The third-order valence-corrected chi connectivity index (χ3v) is 10.6. The maximum absolute atomic E-state index is 14.2. The maximum Gasteiger partial charge on any atom is 0.306 e. The summed E-state index contributed by atoms with van der Waals surface area (Å²) in [5.74, 6) is 0.842. The van der Waals surface area contributed by atoms with Crippen molar-refractivity contribution in [2.24, 2.45) is 23.7 Å². The number of aliphatic carboxylic acids is 1. The quantitative estimate of drug-likeness (QED) is 0.289. The van der Waals surface area contributed by atoms with Crippen LogP contribution < -0.4 is 0 Å². The zero-order valence-electron chi connectivity index (χ0n) is 22.6. The number of halogens is 1. The van der Waals surface area contributed by atoms with E-state index in [1.54, 1.807) is 12.1 Å².